The van der Waals surface area contributed by atoms with Crippen LogP contribution in [0.15, 0.2) is 66.7 Å². The predicted molar refractivity (Wildman–Crippen MR) is 103 cm³/mol. The first-order valence-electron chi connectivity index (χ1n) is 7.93. The smallest absolute Gasteiger partial charge is 0.337 e. The maximum Gasteiger partial charge on any atom is 0.337 e. The fourth-order valence-electron chi connectivity index (χ4n) is 3.11. The minimum Gasteiger partial charge on any atom is -0.497 e. The second-order valence-electron chi connectivity index (χ2n) is 5.68. The second kappa shape index (κ2) is 6.22. The summed E-state index contributed by atoms with van der Waals surface area (Å²) < 4.78 is 12.7. The molecule has 4 rings (SSSR count). The summed E-state index contributed by atoms with van der Waals surface area (Å²) in [5.74, 6) is 0.539. The lowest BCUT2D eigenvalue weighted by molar-refractivity contribution is 0.0601. The molecule has 4 heteroatoms. The van der Waals surface area contributed by atoms with E-state index in [-0.39, 0.29) is 16.4 Å². The number of methoxy groups -OCH3 is 2. The van der Waals surface area contributed by atoms with Crippen LogP contribution in [0.5, 0.6) is 5.75 Å². The summed E-state index contributed by atoms with van der Waals surface area (Å²) in [4.78, 5) is 13.1. The number of thiophene rings is 1. The number of carbonyl (C=O) groups excluding carboxylic acids is 1. The third kappa shape index (κ3) is 2.55. The van der Waals surface area contributed by atoms with E-state index >= 15 is 0 Å². The van der Waals surface area contributed by atoms with Gasteiger partial charge in [-0.25, -0.2) is 4.79 Å². The van der Waals surface area contributed by atoms with Crippen molar-refractivity contribution in [1.29, 1.82) is 0 Å². The van der Waals surface area contributed by atoms with Crippen LogP contribution < -0.4 is 4.74 Å². The molecule has 0 bridgehead atoms. The quantitative estimate of drug-likeness (QED) is 0.360. The highest BCUT2D eigenvalue weighted by atomic mass is 32.2. The van der Waals surface area contributed by atoms with Gasteiger partial charge >= 0.3 is 5.97 Å². The zero-order chi connectivity index (χ0) is 17.4. The molecule has 124 valence electrons. The number of fused-ring (bicyclic) bond motifs is 3. The van der Waals surface area contributed by atoms with E-state index < -0.39 is 0 Å². The van der Waals surface area contributed by atoms with Crippen LogP contribution in [0.3, 0.4) is 0 Å². The Kier molecular flexibility index (Phi) is 3.90. The molecule has 1 unspecified atom stereocenters. The molecule has 0 aliphatic carbocycles. The van der Waals surface area contributed by atoms with E-state index in [1.165, 1.54) is 26.8 Å². The van der Waals surface area contributed by atoms with Crippen LogP contribution in [-0.2, 0) is 4.74 Å². The van der Waals surface area contributed by atoms with Crippen LogP contribution in [0.4, 0.5) is 0 Å². The molecule has 1 heterocycles. The molecule has 0 spiro atoms. The minimum absolute atomic E-state index is 0.182. The molecule has 0 radical (unpaired) electrons. The molecule has 0 amide bonds. The summed E-state index contributed by atoms with van der Waals surface area (Å²) in [6, 6.07) is 22.4. The largest absolute Gasteiger partial charge is 0.497 e. The topological polar surface area (TPSA) is 35.5 Å². The average molecular weight is 349 g/mol. The van der Waals surface area contributed by atoms with Crippen LogP contribution in [0.2, 0.25) is 0 Å². The lowest BCUT2D eigenvalue weighted by atomic mass is 10.1. The predicted octanol–water partition coefficient (Wildman–Crippen LogP) is 5.53. The molecule has 3 aromatic carbocycles. The molecule has 0 N–H and O–H groups in total. The van der Waals surface area contributed by atoms with Crippen LogP contribution in [0.25, 0.3) is 25.1 Å². The van der Waals surface area contributed by atoms with Crippen LogP contribution >= 0.6 is 10.5 Å². The third-order valence-corrected chi connectivity index (χ3v) is 6.65. The normalized spacial score (nSPS) is 11.7. The number of rotatable bonds is 3. The molecule has 0 saturated heterocycles. The summed E-state index contributed by atoms with van der Waals surface area (Å²) in [6.07, 6.45) is 0. The molecule has 0 aliphatic heterocycles. The van der Waals surface area contributed by atoms with E-state index in [1.54, 1.807) is 7.11 Å². The van der Waals surface area contributed by atoms with E-state index in [4.69, 9.17) is 9.47 Å². The summed E-state index contributed by atoms with van der Waals surface area (Å²) in [6.45, 7) is 0. The van der Waals surface area contributed by atoms with Gasteiger partial charge in [-0.2, -0.15) is 0 Å². The van der Waals surface area contributed by atoms with Crippen LogP contribution in [0.1, 0.15) is 10.4 Å². The number of hydrogen-bond acceptors (Lipinski definition) is 3. The molecule has 0 saturated carbocycles. The number of hydrogen-bond donors (Lipinski definition) is 0. The lowest BCUT2D eigenvalue weighted by Crippen LogP contribution is -2.00. The van der Waals surface area contributed by atoms with Gasteiger partial charge in [0.25, 0.3) is 0 Å². The van der Waals surface area contributed by atoms with Crippen molar-refractivity contribution in [2.75, 3.05) is 14.2 Å². The number of carbonyl (C=O) groups is 1. The monoisotopic (exact) mass is 349 g/mol. The van der Waals surface area contributed by atoms with Crippen LogP contribution in [0, 0.1) is 0 Å². The molecule has 0 aliphatic rings. The SMILES string of the molecule is COC(=O)c1ccc2c(c1)c1ccccc1[s+]2-c1ccc(OC)cc1. The van der Waals surface area contributed by atoms with Crippen molar-refractivity contribution < 1.29 is 14.3 Å². The van der Waals surface area contributed by atoms with Gasteiger partial charge in [0.1, 0.15) is 5.75 Å². The lowest BCUT2D eigenvalue weighted by Gasteiger charge is -1.99. The molecule has 1 atom stereocenters. The fraction of sp³-hybridized carbons (Fsp3) is 0.0952. The molecular formula is C21H17O3S+. The maximum absolute atomic E-state index is 11.9. The van der Waals surface area contributed by atoms with Gasteiger partial charge in [-0.05, 0) is 42.5 Å². The third-order valence-electron chi connectivity index (χ3n) is 4.31. The Morgan fingerprint density at radius 1 is 0.840 bits per heavy atom. The number of benzene rings is 3. The standard InChI is InChI=1S/C21H17O3S/c1-23-15-8-10-16(11-9-15)25-19-6-4-3-5-17(19)18-13-14(21(22)24-2)7-12-20(18)25/h3-13H,1-2H3/q+1. The number of esters is 1. The Labute approximate surface area is 148 Å². The summed E-state index contributed by atoms with van der Waals surface area (Å²) in [5, 5.41) is 2.29. The van der Waals surface area contributed by atoms with Crippen molar-refractivity contribution in [3.63, 3.8) is 0 Å². The zero-order valence-corrected chi connectivity index (χ0v) is 14.8. The maximum atomic E-state index is 11.9. The van der Waals surface area contributed by atoms with Crippen LogP contribution in [-0.4, -0.2) is 20.2 Å². The van der Waals surface area contributed by atoms with Crippen molar-refractivity contribution in [3.05, 3.63) is 72.3 Å². The average Bonchev–Trinajstić information content (AvgIpc) is 3.01. The highest BCUT2D eigenvalue weighted by Crippen LogP contribution is 2.48. The molecule has 3 nitrogen and oxygen atoms in total. The van der Waals surface area contributed by atoms with E-state index in [1.807, 2.05) is 30.3 Å². The first-order valence-corrected chi connectivity index (χ1v) is 9.15. The molecule has 1 aromatic heterocycles. The van der Waals surface area contributed by atoms with Crippen molar-refractivity contribution in [1.82, 2.24) is 0 Å². The Bertz CT molecular complexity index is 1080. The van der Waals surface area contributed by atoms with Gasteiger partial charge in [-0.1, -0.05) is 12.1 Å². The van der Waals surface area contributed by atoms with Crippen molar-refractivity contribution in [2.45, 2.75) is 0 Å². The van der Waals surface area contributed by atoms with Gasteiger partial charge in [0.15, 0.2) is 14.3 Å². The van der Waals surface area contributed by atoms with Gasteiger partial charge in [0, 0.05) is 33.4 Å². The molecular weight excluding hydrogens is 332 g/mol. The molecule has 0 fully saturated rings. The van der Waals surface area contributed by atoms with E-state index in [0.717, 1.165) is 11.1 Å². The summed E-state index contributed by atoms with van der Waals surface area (Å²) in [5.41, 5.74) is 0.580. The van der Waals surface area contributed by atoms with Gasteiger partial charge in [-0.3, -0.25) is 0 Å². The Hall–Kier alpha value is -2.85. The van der Waals surface area contributed by atoms with E-state index in [2.05, 4.69) is 36.4 Å². The minimum atomic E-state index is -0.309. The van der Waals surface area contributed by atoms with E-state index in [0.29, 0.717) is 5.56 Å². The highest BCUT2D eigenvalue weighted by molar-refractivity contribution is 7.50. The first-order chi connectivity index (χ1) is 12.2. The van der Waals surface area contributed by atoms with Gasteiger partial charge in [-0.15, -0.1) is 0 Å². The highest BCUT2D eigenvalue weighted by Gasteiger charge is 2.24. The van der Waals surface area contributed by atoms with E-state index in [9.17, 15) is 4.79 Å². The van der Waals surface area contributed by atoms with Gasteiger partial charge in [0.2, 0.25) is 0 Å². The molecule has 25 heavy (non-hydrogen) atoms. The Morgan fingerprint density at radius 3 is 2.28 bits per heavy atom. The second-order valence-corrected chi connectivity index (χ2v) is 7.64. The van der Waals surface area contributed by atoms with Crippen molar-refractivity contribution in [2.24, 2.45) is 0 Å². The number of ether oxygens (including phenoxy) is 2. The Morgan fingerprint density at radius 2 is 1.56 bits per heavy atom. The summed E-state index contributed by atoms with van der Waals surface area (Å²) >= 11 is 0. The summed E-state index contributed by atoms with van der Waals surface area (Å²) in [7, 11) is 2.90. The Balaban J connectivity index is 2.03. The van der Waals surface area contributed by atoms with Gasteiger partial charge < -0.3 is 9.47 Å². The van der Waals surface area contributed by atoms with Crippen molar-refractivity contribution >= 4 is 36.6 Å². The first kappa shape index (κ1) is 15.7. The zero-order valence-electron chi connectivity index (χ0n) is 14.0. The van der Waals surface area contributed by atoms with Gasteiger partial charge in [0.05, 0.1) is 19.8 Å². The molecule has 4 aromatic rings. The fourth-order valence-corrected chi connectivity index (χ4v) is 5.47. The van der Waals surface area contributed by atoms with Crippen molar-refractivity contribution in [3.8, 4) is 10.6 Å².